The van der Waals surface area contributed by atoms with Crippen LogP contribution < -0.4 is 5.43 Å². The van der Waals surface area contributed by atoms with E-state index in [1.165, 1.54) is 0 Å². The summed E-state index contributed by atoms with van der Waals surface area (Å²) in [6.07, 6.45) is 3.50. The molecule has 0 bridgehead atoms. The summed E-state index contributed by atoms with van der Waals surface area (Å²) >= 11 is 0. The van der Waals surface area contributed by atoms with Crippen molar-refractivity contribution < 1.29 is 29.6 Å². The number of nitrogens with zero attached hydrogens (tertiary/aromatic N) is 1. The molecule has 0 saturated carbocycles. The van der Waals surface area contributed by atoms with E-state index >= 15 is 0 Å². The van der Waals surface area contributed by atoms with Crippen LogP contribution in [-0.4, -0.2) is 10.1 Å². The predicted molar refractivity (Wildman–Crippen MR) is 93.8 cm³/mol. The van der Waals surface area contributed by atoms with E-state index in [-0.39, 0.29) is 31.6 Å². The third kappa shape index (κ3) is 4.41. The van der Waals surface area contributed by atoms with Crippen LogP contribution in [0, 0.1) is 0 Å². The average Bonchev–Trinajstić information content (AvgIpc) is 2.67. The van der Waals surface area contributed by atoms with Gasteiger partial charge in [-0.1, -0.05) is 48.5 Å². The maximum atomic E-state index is 12.0. The second-order valence-electron chi connectivity index (χ2n) is 5.00. The van der Waals surface area contributed by atoms with Gasteiger partial charge < -0.3 is 9.52 Å². The van der Waals surface area contributed by atoms with Gasteiger partial charge in [0.1, 0.15) is 5.58 Å². The Labute approximate surface area is 158 Å². The summed E-state index contributed by atoms with van der Waals surface area (Å²) < 4.78 is 5.61. The molecule has 0 atom stereocenters. The predicted octanol–water partition coefficient (Wildman–Crippen LogP) is 4.24. The maximum absolute atomic E-state index is 12.0. The number of para-hydroxylation sites is 1. The Kier molecular flexibility index (Phi) is 6.63. The Balaban J connectivity index is 0.000000275. The molecule has 0 aliphatic carbocycles. The molecule has 1 radical (unpaired) electrons. The zero-order valence-electron chi connectivity index (χ0n) is 13.1. The van der Waals surface area contributed by atoms with Gasteiger partial charge in [-0.15, -0.1) is 0 Å². The Hall–Kier alpha value is -2.75. The summed E-state index contributed by atoms with van der Waals surface area (Å²) in [6.45, 7) is 0. The molecule has 0 unspecified atom stereocenters. The molecule has 127 valence electrons. The minimum atomic E-state index is -0.407. The van der Waals surface area contributed by atoms with E-state index in [9.17, 15) is 9.90 Å². The first-order valence-corrected chi connectivity index (χ1v) is 7.42. The van der Waals surface area contributed by atoms with Crippen molar-refractivity contribution in [3.63, 3.8) is 0 Å². The molecule has 5 heteroatoms. The van der Waals surface area contributed by atoms with Gasteiger partial charge in [0.25, 0.3) is 0 Å². The van der Waals surface area contributed by atoms with Crippen LogP contribution in [0.2, 0.25) is 0 Å². The van der Waals surface area contributed by atoms with Crippen LogP contribution in [0.3, 0.4) is 0 Å². The van der Waals surface area contributed by atoms with E-state index in [4.69, 9.17) is 4.42 Å². The molecule has 0 aliphatic rings. The van der Waals surface area contributed by atoms with Crippen LogP contribution in [0.1, 0.15) is 0 Å². The fourth-order valence-corrected chi connectivity index (χ4v) is 2.23. The quantitative estimate of drug-likeness (QED) is 0.417. The largest absolute Gasteiger partial charge is 0.502 e. The minimum Gasteiger partial charge on any atom is -0.502 e. The fraction of sp³-hybridized carbons (Fsp3) is 0. The van der Waals surface area contributed by atoms with Crippen molar-refractivity contribution in [3.8, 4) is 17.1 Å². The number of aromatic nitrogens is 1. The number of benzene rings is 2. The zero-order valence-corrected chi connectivity index (χ0v) is 15.5. The van der Waals surface area contributed by atoms with Crippen molar-refractivity contribution in [1.29, 1.82) is 0 Å². The van der Waals surface area contributed by atoms with E-state index in [0.717, 1.165) is 0 Å². The SMILES string of the molecule is O=c1c(O)c(-c2ccccc2)oc2ccccc12.[Ir].c1ccncc1. The molecule has 2 aromatic carbocycles. The van der Waals surface area contributed by atoms with Crippen molar-refractivity contribution in [1.82, 2.24) is 4.98 Å². The number of aromatic hydroxyl groups is 1. The van der Waals surface area contributed by atoms with Crippen LogP contribution in [-0.2, 0) is 20.1 Å². The van der Waals surface area contributed by atoms with Crippen molar-refractivity contribution in [3.05, 3.63) is 95.4 Å². The van der Waals surface area contributed by atoms with Gasteiger partial charge in [0, 0.05) is 38.1 Å². The van der Waals surface area contributed by atoms with Gasteiger partial charge in [0.05, 0.1) is 5.39 Å². The minimum absolute atomic E-state index is 0. The monoisotopic (exact) mass is 510 g/mol. The van der Waals surface area contributed by atoms with Gasteiger partial charge in [0.2, 0.25) is 11.2 Å². The number of fused-ring (bicyclic) bond motifs is 1. The summed E-state index contributed by atoms with van der Waals surface area (Å²) in [6, 6.07) is 21.7. The summed E-state index contributed by atoms with van der Waals surface area (Å²) in [5.41, 5.74) is 0.743. The average molecular weight is 510 g/mol. The second-order valence-corrected chi connectivity index (χ2v) is 5.00. The van der Waals surface area contributed by atoms with Gasteiger partial charge >= 0.3 is 0 Å². The second kappa shape index (κ2) is 8.92. The maximum Gasteiger partial charge on any atom is 0.235 e. The Morgan fingerprint density at radius 2 is 1.40 bits per heavy atom. The molecule has 2 aromatic heterocycles. The van der Waals surface area contributed by atoms with Crippen molar-refractivity contribution in [2.45, 2.75) is 0 Å². The molecule has 0 fully saturated rings. The third-order valence-electron chi connectivity index (χ3n) is 3.38. The van der Waals surface area contributed by atoms with Crippen molar-refractivity contribution >= 4 is 11.0 Å². The molecular weight excluding hydrogens is 494 g/mol. The number of pyridine rings is 1. The Morgan fingerprint density at radius 3 is 2.00 bits per heavy atom. The van der Waals surface area contributed by atoms with Gasteiger partial charge in [-0.2, -0.15) is 0 Å². The summed E-state index contributed by atoms with van der Waals surface area (Å²) in [5, 5.41) is 10.3. The summed E-state index contributed by atoms with van der Waals surface area (Å²) in [4.78, 5) is 15.8. The molecule has 0 saturated heterocycles. The van der Waals surface area contributed by atoms with E-state index < -0.39 is 5.43 Å². The van der Waals surface area contributed by atoms with Gasteiger partial charge in [-0.25, -0.2) is 0 Å². The molecule has 0 spiro atoms. The molecular formula is C20H15IrNO3. The van der Waals surface area contributed by atoms with E-state index in [1.807, 2.05) is 36.4 Å². The summed E-state index contributed by atoms with van der Waals surface area (Å²) in [7, 11) is 0. The standard InChI is InChI=1S/C15H10O3.C5H5N.Ir/c16-13-11-8-4-5-9-12(11)18-15(14(13)17)10-6-2-1-3-7-10;1-2-4-6-5-3-1;/h1-9,17H;1-5H;. The molecule has 4 aromatic rings. The smallest absolute Gasteiger partial charge is 0.235 e. The van der Waals surface area contributed by atoms with E-state index in [2.05, 4.69) is 4.98 Å². The zero-order chi connectivity index (χ0) is 16.8. The topological polar surface area (TPSA) is 63.3 Å². The van der Waals surface area contributed by atoms with Crippen LogP contribution in [0.4, 0.5) is 0 Å². The first-order chi connectivity index (χ1) is 11.8. The molecule has 2 heterocycles. The van der Waals surface area contributed by atoms with Crippen LogP contribution in [0.15, 0.2) is 94.4 Å². The molecule has 4 rings (SSSR count). The van der Waals surface area contributed by atoms with Crippen molar-refractivity contribution in [2.24, 2.45) is 0 Å². The fourth-order valence-electron chi connectivity index (χ4n) is 2.23. The van der Waals surface area contributed by atoms with Crippen LogP contribution in [0.25, 0.3) is 22.3 Å². The molecule has 25 heavy (non-hydrogen) atoms. The third-order valence-corrected chi connectivity index (χ3v) is 3.38. The Bertz CT molecular complexity index is 959. The van der Waals surface area contributed by atoms with Gasteiger partial charge in [0.15, 0.2) is 5.76 Å². The molecule has 0 aliphatic heterocycles. The van der Waals surface area contributed by atoms with E-state index in [1.54, 1.807) is 48.8 Å². The summed E-state index contributed by atoms with van der Waals surface area (Å²) in [5.74, 6) is -0.140. The molecule has 0 amide bonds. The molecule has 1 N–H and O–H groups in total. The molecule has 4 nitrogen and oxygen atoms in total. The van der Waals surface area contributed by atoms with Gasteiger partial charge in [-0.3, -0.25) is 9.78 Å². The van der Waals surface area contributed by atoms with E-state index in [0.29, 0.717) is 16.5 Å². The van der Waals surface area contributed by atoms with Crippen LogP contribution in [0.5, 0.6) is 5.75 Å². The number of hydrogen-bond donors (Lipinski definition) is 1. The van der Waals surface area contributed by atoms with Crippen molar-refractivity contribution in [2.75, 3.05) is 0 Å². The normalized spacial score (nSPS) is 9.60. The Morgan fingerprint density at radius 1 is 0.800 bits per heavy atom. The first kappa shape index (κ1) is 18.6. The number of rotatable bonds is 1. The van der Waals surface area contributed by atoms with Gasteiger partial charge in [-0.05, 0) is 24.3 Å². The number of hydrogen-bond acceptors (Lipinski definition) is 4. The first-order valence-electron chi connectivity index (χ1n) is 7.42. The van der Waals surface area contributed by atoms with Crippen LogP contribution >= 0.6 is 0 Å².